The lowest BCUT2D eigenvalue weighted by Crippen LogP contribution is -2.44. The number of rotatable bonds is 8. The maximum atomic E-state index is 12.3. The van der Waals surface area contributed by atoms with Gasteiger partial charge < -0.3 is 11.1 Å². The van der Waals surface area contributed by atoms with Gasteiger partial charge in [0, 0.05) is 5.56 Å². The van der Waals surface area contributed by atoms with E-state index in [9.17, 15) is 9.59 Å². The molecule has 0 radical (unpaired) electrons. The fourth-order valence-corrected chi connectivity index (χ4v) is 2.42. The molecule has 0 heterocycles. The molecule has 0 spiro atoms. The van der Waals surface area contributed by atoms with Gasteiger partial charge in [-0.2, -0.15) is 0 Å². The van der Waals surface area contributed by atoms with E-state index in [1.54, 1.807) is 12.1 Å². The third kappa shape index (κ3) is 6.43. The van der Waals surface area contributed by atoms with E-state index in [1.165, 1.54) is 5.56 Å². The number of nitrogens with two attached hydrogens (primary N) is 1. The van der Waals surface area contributed by atoms with Gasteiger partial charge in [-0.25, -0.2) is 0 Å². The summed E-state index contributed by atoms with van der Waals surface area (Å²) in [4.78, 5) is 23.8. The van der Waals surface area contributed by atoms with Gasteiger partial charge in [0.2, 0.25) is 5.91 Å². The monoisotopic (exact) mass is 318 g/mol. The van der Waals surface area contributed by atoms with Crippen molar-refractivity contribution in [3.8, 4) is 0 Å². The zero-order valence-corrected chi connectivity index (χ0v) is 14.8. The lowest BCUT2D eigenvalue weighted by Gasteiger charge is -2.19. The van der Waals surface area contributed by atoms with Crippen LogP contribution in [0.2, 0.25) is 0 Å². The SMILES string of the molecule is CCCCCCC(NC(=O)c1ccc(C(C)(C)C)cc1)C(N)=O. The highest BCUT2D eigenvalue weighted by molar-refractivity contribution is 5.97. The molecule has 0 saturated carbocycles. The molecule has 4 nitrogen and oxygen atoms in total. The van der Waals surface area contributed by atoms with Crippen molar-refractivity contribution < 1.29 is 9.59 Å². The van der Waals surface area contributed by atoms with Crippen molar-refractivity contribution >= 4 is 11.8 Å². The molecule has 0 fully saturated rings. The zero-order chi connectivity index (χ0) is 17.5. The Labute approximate surface area is 139 Å². The molecule has 1 aromatic carbocycles. The fourth-order valence-electron chi connectivity index (χ4n) is 2.42. The van der Waals surface area contributed by atoms with Gasteiger partial charge in [-0.15, -0.1) is 0 Å². The Bertz CT molecular complexity index is 515. The number of hydrogen-bond acceptors (Lipinski definition) is 2. The molecule has 1 unspecified atom stereocenters. The smallest absolute Gasteiger partial charge is 0.251 e. The van der Waals surface area contributed by atoms with Crippen LogP contribution in [-0.4, -0.2) is 17.9 Å². The second-order valence-corrected chi connectivity index (χ2v) is 7.11. The first-order chi connectivity index (χ1) is 10.8. The van der Waals surface area contributed by atoms with Gasteiger partial charge in [0.25, 0.3) is 5.91 Å². The first-order valence-corrected chi connectivity index (χ1v) is 8.46. The summed E-state index contributed by atoms with van der Waals surface area (Å²) < 4.78 is 0. The van der Waals surface area contributed by atoms with Crippen molar-refractivity contribution in [2.45, 2.75) is 71.3 Å². The fraction of sp³-hybridized carbons (Fsp3) is 0.579. The lowest BCUT2D eigenvalue weighted by atomic mass is 9.86. The van der Waals surface area contributed by atoms with E-state index in [4.69, 9.17) is 5.73 Å². The molecule has 128 valence electrons. The Morgan fingerprint density at radius 2 is 1.70 bits per heavy atom. The van der Waals surface area contributed by atoms with Crippen molar-refractivity contribution in [1.29, 1.82) is 0 Å². The van der Waals surface area contributed by atoms with E-state index in [0.29, 0.717) is 12.0 Å². The standard InChI is InChI=1S/C19H30N2O2/c1-5-6-7-8-9-16(17(20)22)21-18(23)14-10-12-15(13-11-14)19(2,3)4/h10-13,16H,5-9H2,1-4H3,(H2,20,22)(H,21,23). The average Bonchev–Trinajstić information content (AvgIpc) is 2.49. The van der Waals surface area contributed by atoms with Crippen LogP contribution in [0.3, 0.4) is 0 Å². The van der Waals surface area contributed by atoms with E-state index in [2.05, 4.69) is 33.0 Å². The molecule has 0 aliphatic heterocycles. The summed E-state index contributed by atoms with van der Waals surface area (Å²) in [6, 6.07) is 6.91. The molecular formula is C19H30N2O2. The minimum absolute atomic E-state index is 0.0457. The van der Waals surface area contributed by atoms with Gasteiger partial charge in [-0.3, -0.25) is 9.59 Å². The molecular weight excluding hydrogens is 288 g/mol. The molecule has 1 aromatic rings. The number of hydrogen-bond donors (Lipinski definition) is 2. The topological polar surface area (TPSA) is 72.2 Å². The molecule has 0 bridgehead atoms. The summed E-state index contributed by atoms with van der Waals surface area (Å²) in [5.74, 6) is -0.717. The van der Waals surface area contributed by atoms with E-state index in [-0.39, 0.29) is 11.3 Å². The van der Waals surface area contributed by atoms with Gasteiger partial charge in [-0.05, 0) is 29.5 Å². The minimum Gasteiger partial charge on any atom is -0.368 e. The number of benzene rings is 1. The molecule has 4 heteroatoms. The summed E-state index contributed by atoms with van der Waals surface area (Å²) in [6.07, 6.45) is 4.81. The molecule has 1 atom stereocenters. The maximum Gasteiger partial charge on any atom is 0.251 e. The number of amides is 2. The van der Waals surface area contributed by atoms with Crippen LogP contribution in [0.25, 0.3) is 0 Å². The molecule has 3 N–H and O–H groups in total. The van der Waals surface area contributed by atoms with E-state index in [1.807, 2.05) is 12.1 Å². The molecule has 0 aromatic heterocycles. The quantitative estimate of drug-likeness (QED) is 0.720. The number of unbranched alkanes of at least 4 members (excludes halogenated alkanes) is 3. The maximum absolute atomic E-state index is 12.3. The largest absolute Gasteiger partial charge is 0.368 e. The Balaban J connectivity index is 2.66. The summed E-state index contributed by atoms with van der Waals surface area (Å²) >= 11 is 0. The van der Waals surface area contributed by atoms with Gasteiger partial charge in [0.05, 0.1) is 0 Å². The number of carbonyl (C=O) groups is 2. The van der Waals surface area contributed by atoms with Crippen molar-refractivity contribution in [3.63, 3.8) is 0 Å². The van der Waals surface area contributed by atoms with Crippen LogP contribution in [0.1, 0.15) is 75.7 Å². The normalized spacial score (nSPS) is 12.7. The lowest BCUT2D eigenvalue weighted by molar-refractivity contribution is -0.120. The van der Waals surface area contributed by atoms with Gasteiger partial charge in [0.15, 0.2) is 0 Å². The predicted molar refractivity (Wildman–Crippen MR) is 94.3 cm³/mol. The van der Waals surface area contributed by atoms with Crippen molar-refractivity contribution in [2.24, 2.45) is 5.73 Å². The van der Waals surface area contributed by atoms with Crippen LogP contribution in [0.5, 0.6) is 0 Å². The Hall–Kier alpha value is -1.84. The summed E-state index contributed by atoms with van der Waals surface area (Å²) in [7, 11) is 0. The second kappa shape index (κ2) is 8.70. The van der Waals surface area contributed by atoms with Crippen LogP contribution in [0.15, 0.2) is 24.3 Å². The summed E-state index contributed by atoms with van der Waals surface area (Å²) in [5.41, 5.74) is 7.17. The minimum atomic E-state index is -0.596. The highest BCUT2D eigenvalue weighted by Gasteiger charge is 2.19. The first-order valence-electron chi connectivity index (χ1n) is 8.46. The third-order valence-electron chi connectivity index (χ3n) is 4.01. The van der Waals surface area contributed by atoms with Crippen LogP contribution < -0.4 is 11.1 Å². The van der Waals surface area contributed by atoms with E-state index < -0.39 is 11.9 Å². The third-order valence-corrected chi connectivity index (χ3v) is 4.01. The second-order valence-electron chi connectivity index (χ2n) is 7.11. The van der Waals surface area contributed by atoms with E-state index in [0.717, 1.165) is 25.7 Å². The summed E-state index contributed by atoms with van der Waals surface area (Å²) in [5, 5.41) is 2.75. The molecule has 0 aliphatic rings. The molecule has 0 saturated heterocycles. The predicted octanol–water partition coefficient (Wildman–Crippen LogP) is 3.54. The molecule has 2 amide bonds. The van der Waals surface area contributed by atoms with Crippen molar-refractivity contribution in [3.05, 3.63) is 35.4 Å². The molecule has 23 heavy (non-hydrogen) atoms. The Morgan fingerprint density at radius 1 is 1.09 bits per heavy atom. The zero-order valence-electron chi connectivity index (χ0n) is 14.8. The number of carbonyl (C=O) groups excluding carboxylic acids is 2. The van der Waals surface area contributed by atoms with E-state index >= 15 is 0 Å². The average molecular weight is 318 g/mol. The highest BCUT2D eigenvalue weighted by Crippen LogP contribution is 2.22. The van der Waals surface area contributed by atoms with Crippen LogP contribution in [0, 0.1) is 0 Å². The molecule has 1 rings (SSSR count). The Morgan fingerprint density at radius 3 is 2.17 bits per heavy atom. The van der Waals surface area contributed by atoms with Crippen molar-refractivity contribution in [2.75, 3.05) is 0 Å². The van der Waals surface area contributed by atoms with Crippen LogP contribution in [0.4, 0.5) is 0 Å². The Kier molecular flexibility index (Phi) is 7.27. The van der Waals surface area contributed by atoms with Gasteiger partial charge in [-0.1, -0.05) is 65.5 Å². The van der Waals surface area contributed by atoms with Crippen molar-refractivity contribution in [1.82, 2.24) is 5.32 Å². The first kappa shape index (κ1) is 19.2. The summed E-state index contributed by atoms with van der Waals surface area (Å²) in [6.45, 7) is 8.51. The highest BCUT2D eigenvalue weighted by atomic mass is 16.2. The van der Waals surface area contributed by atoms with Crippen LogP contribution >= 0.6 is 0 Å². The van der Waals surface area contributed by atoms with Crippen LogP contribution in [-0.2, 0) is 10.2 Å². The number of primary amides is 1. The molecule has 0 aliphatic carbocycles. The van der Waals surface area contributed by atoms with Gasteiger partial charge >= 0.3 is 0 Å². The number of nitrogens with one attached hydrogen (secondary N) is 1. The van der Waals surface area contributed by atoms with Gasteiger partial charge in [0.1, 0.15) is 6.04 Å².